The van der Waals surface area contributed by atoms with E-state index in [-0.39, 0.29) is 11.6 Å². The molecule has 0 atom stereocenters. The Morgan fingerprint density at radius 2 is 1.56 bits per heavy atom. The third kappa shape index (κ3) is 3.12. The van der Waals surface area contributed by atoms with Gasteiger partial charge in [-0.25, -0.2) is 18.7 Å². The summed E-state index contributed by atoms with van der Waals surface area (Å²) in [7, 11) is 0. The zero-order valence-electron chi connectivity index (χ0n) is 13.7. The first-order chi connectivity index (χ1) is 12.2. The van der Waals surface area contributed by atoms with Crippen molar-refractivity contribution in [3.63, 3.8) is 0 Å². The first-order valence-corrected chi connectivity index (χ1v) is 8.37. The van der Waals surface area contributed by atoms with Crippen LogP contribution in [0.15, 0.2) is 48.8 Å². The minimum Gasteiger partial charge on any atom is -0.370 e. The lowest BCUT2D eigenvalue weighted by Crippen LogP contribution is -2.31. The van der Waals surface area contributed by atoms with Gasteiger partial charge in [0.1, 0.15) is 23.8 Å². The Morgan fingerprint density at radius 3 is 2.40 bits per heavy atom. The zero-order valence-corrected chi connectivity index (χ0v) is 13.7. The van der Waals surface area contributed by atoms with Crippen LogP contribution < -0.4 is 9.80 Å². The van der Waals surface area contributed by atoms with Crippen molar-refractivity contribution in [1.29, 1.82) is 0 Å². The summed E-state index contributed by atoms with van der Waals surface area (Å²) in [5.41, 5.74) is 1.62. The first kappa shape index (κ1) is 15.7. The number of nitrogens with zero attached hydrogens (tertiary/aromatic N) is 4. The highest BCUT2D eigenvalue weighted by molar-refractivity contribution is 5.89. The fourth-order valence-electron chi connectivity index (χ4n) is 3.33. The van der Waals surface area contributed by atoms with Crippen molar-refractivity contribution in [2.75, 3.05) is 36.0 Å². The van der Waals surface area contributed by atoms with E-state index in [1.807, 2.05) is 0 Å². The molecule has 0 unspecified atom stereocenters. The quantitative estimate of drug-likeness (QED) is 0.713. The van der Waals surface area contributed by atoms with Gasteiger partial charge in [-0.05, 0) is 42.8 Å². The van der Waals surface area contributed by atoms with Gasteiger partial charge in [0, 0.05) is 31.9 Å². The van der Waals surface area contributed by atoms with E-state index in [2.05, 4.69) is 19.8 Å². The number of hydrogen-bond acceptors (Lipinski definition) is 4. The van der Waals surface area contributed by atoms with E-state index >= 15 is 0 Å². The minimum atomic E-state index is -0.298. The Kier molecular flexibility index (Phi) is 4.17. The second-order valence-corrected chi connectivity index (χ2v) is 6.14. The van der Waals surface area contributed by atoms with Gasteiger partial charge in [0.15, 0.2) is 0 Å². The average molecular weight is 340 g/mol. The van der Waals surface area contributed by atoms with Crippen LogP contribution in [-0.4, -0.2) is 36.1 Å². The number of hydrogen-bond donors (Lipinski definition) is 0. The van der Waals surface area contributed by atoms with Crippen molar-refractivity contribution >= 4 is 22.4 Å². The molecule has 0 saturated carbocycles. The van der Waals surface area contributed by atoms with Gasteiger partial charge in [0.05, 0.1) is 10.9 Å². The van der Waals surface area contributed by atoms with Gasteiger partial charge in [-0.1, -0.05) is 6.07 Å². The summed E-state index contributed by atoms with van der Waals surface area (Å²) in [6.07, 6.45) is 2.40. The Labute approximate surface area is 144 Å². The van der Waals surface area contributed by atoms with Gasteiger partial charge in [-0.3, -0.25) is 0 Å². The molecule has 0 radical (unpaired) electrons. The molecular formula is C19H18F2N4. The second kappa shape index (κ2) is 6.63. The van der Waals surface area contributed by atoms with E-state index < -0.39 is 0 Å². The molecular weight excluding hydrogens is 322 g/mol. The maximum atomic E-state index is 14.3. The highest BCUT2D eigenvalue weighted by atomic mass is 19.1. The Morgan fingerprint density at radius 1 is 0.800 bits per heavy atom. The molecule has 3 aromatic rings. The van der Waals surface area contributed by atoms with Crippen LogP contribution in [-0.2, 0) is 0 Å². The van der Waals surface area contributed by atoms with Crippen LogP contribution in [0.1, 0.15) is 6.42 Å². The molecule has 1 aromatic heterocycles. The predicted molar refractivity (Wildman–Crippen MR) is 94.9 cm³/mol. The molecule has 4 rings (SSSR count). The van der Waals surface area contributed by atoms with Crippen LogP contribution in [0.25, 0.3) is 10.9 Å². The van der Waals surface area contributed by atoms with Crippen LogP contribution in [0.3, 0.4) is 0 Å². The van der Waals surface area contributed by atoms with Gasteiger partial charge < -0.3 is 9.80 Å². The highest BCUT2D eigenvalue weighted by Crippen LogP contribution is 2.27. The lowest BCUT2D eigenvalue weighted by Gasteiger charge is -2.24. The largest absolute Gasteiger partial charge is 0.370 e. The van der Waals surface area contributed by atoms with Crippen LogP contribution >= 0.6 is 0 Å². The SMILES string of the molecule is Fc1ccc(N2CCCN(c3ncnc4cccc(F)c34)CC2)cc1. The van der Waals surface area contributed by atoms with E-state index in [1.165, 1.54) is 24.5 Å². The molecule has 1 aliphatic rings. The average Bonchev–Trinajstić information content (AvgIpc) is 2.88. The molecule has 0 amide bonds. The predicted octanol–water partition coefficient (Wildman–Crippen LogP) is 3.62. The van der Waals surface area contributed by atoms with Gasteiger partial charge in [-0.15, -0.1) is 0 Å². The van der Waals surface area contributed by atoms with E-state index in [1.54, 1.807) is 24.3 Å². The van der Waals surface area contributed by atoms with Crippen molar-refractivity contribution in [2.24, 2.45) is 0 Å². The van der Waals surface area contributed by atoms with Crippen molar-refractivity contribution in [3.05, 3.63) is 60.4 Å². The summed E-state index contributed by atoms with van der Waals surface area (Å²) < 4.78 is 27.5. The lowest BCUT2D eigenvalue weighted by atomic mass is 10.2. The molecule has 2 aromatic carbocycles. The molecule has 4 nitrogen and oxygen atoms in total. The van der Waals surface area contributed by atoms with Crippen LogP contribution in [0.4, 0.5) is 20.3 Å². The molecule has 1 saturated heterocycles. The summed E-state index contributed by atoms with van der Waals surface area (Å²) in [5.74, 6) is 0.111. The highest BCUT2D eigenvalue weighted by Gasteiger charge is 2.20. The summed E-state index contributed by atoms with van der Waals surface area (Å²) in [6, 6.07) is 11.4. The molecule has 0 N–H and O–H groups in total. The van der Waals surface area contributed by atoms with E-state index in [0.717, 1.165) is 38.3 Å². The number of fused-ring (bicyclic) bond motifs is 1. The normalized spacial score (nSPS) is 15.4. The van der Waals surface area contributed by atoms with Crippen LogP contribution in [0.5, 0.6) is 0 Å². The molecule has 0 bridgehead atoms. The van der Waals surface area contributed by atoms with Gasteiger partial charge >= 0.3 is 0 Å². The smallest absolute Gasteiger partial charge is 0.142 e. The molecule has 2 heterocycles. The van der Waals surface area contributed by atoms with Crippen LogP contribution in [0, 0.1) is 11.6 Å². The number of anilines is 2. The molecule has 128 valence electrons. The number of benzene rings is 2. The standard InChI is InChI=1S/C19H18F2N4/c20-14-5-7-15(8-6-14)24-9-2-10-25(12-11-24)19-18-16(21)3-1-4-17(18)22-13-23-19/h1,3-8,13H,2,9-12H2. The summed E-state index contributed by atoms with van der Waals surface area (Å²) in [5, 5.41) is 0.472. The van der Waals surface area contributed by atoms with Crippen molar-refractivity contribution < 1.29 is 8.78 Å². The van der Waals surface area contributed by atoms with Crippen molar-refractivity contribution in [1.82, 2.24) is 9.97 Å². The number of aromatic nitrogens is 2. The monoisotopic (exact) mass is 340 g/mol. The maximum absolute atomic E-state index is 14.3. The Balaban J connectivity index is 1.60. The third-order valence-corrected chi connectivity index (χ3v) is 4.58. The summed E-state index contributed by atoms with van der Waals surface area (Å²) >= 11 is 0. The summed E-state index contributed by atoms with van der Waals surface area (Å²) in [6.45, 7) is 3.15. The Bertz CT molecular complexity index is 877. The van der Waals surface area contributed by atoms with E-state index in [9.17, 15) is 8.78 Å². The fourth-order valence-corrected chi connectivity index (χ4v) is 3.33. The molecule has 25 heavy (non-hydrogen) atoms. The first-order valence-electron chi connectivity index (χ1n) is 8.37. The molecule has 6 heteroatoms. The molecule has 0 spiro atoms. The minimum absolute atomic E-state index is 0.233. The van der Waals surface area contributed by atoms with Gasteiger partial charge in [-0.2, -0.15) is 0 Å². The third-order valence-electron chi connectivity index (χ3n) is 4.58. The van der Waals surface area contributed by atoms with Crippen LogP contribution in [0.2, 0.25) is 0 Å². The number of rotatable bonds is 2. The lowest BCUT2D eigenvalue weighted by molar-refractivity contribution is 0.627. The van der Waals surface area contributed by atoms with E-state index in [4.69, 9.17) is 0 Å². The molecule has 1 fully saturated rings. The van der Waals surface area contributed by atoms with Gasteiger partial charge in [0.2, 0.25) is 0 Å². The zero-order chi connectivity index (χ0) is 17.2. The second-order valence-electron chi connectivity index (χ2n) is 6.14. The number of halogens is 2. The topological polar surface area (TPSA) is 32.3 Å². The van der Waals surface area contributed by atoms with Crippen molar-refractivity contribution in [3.8, 4) is 0 Å². The maximum Gasteiger partial charge on any atom is 0.142 e. The molecule has 0 aliphatic carbocycles. The van der Waals surface area contributed by atoms with Crippen molar-refractivity contribution in [2.45, 2.75) is 6.42 Å². The molecule has 1 aliphatic heterocycles. The summed E-state index contributed by atoms with van der Waals surface area (Å²) in [4.78, 5) is 12.8. The fraction of sp³-hybridized carbons (Fsp3) is 0.263. The Hall–Kier alpha value is -2.76. The van der Waals surface area contributed by atoms with E-state index in [0.29, 0.717) is 16.7 Å². The van der Waals surface area contributed by atoms with Gasteiger partial charge in [0.25, 0.3) is 0 Å².